The summed E-state index contributed by atoms with van der Waals surface area (Å²) in [6.45, 7) is 9.46. The third-order valence-electron chi connectivity index (χ3n) is 3.04. The molecule has 5 heteroatoms. The third kappa shape index (κ3) is 5.42. The van der Waals surface area contributed by atoms with Crippen molar-refractivity contribution in [1.82, 2.24) is 9.97 Å². The number of nitrogens with one attached hydrogen (secondary N) is 1. The first-order valence-corrected chi connectivity index (χ1v) is 6.83. The number of nitrogens with two attached hydrogens (primary N) is 1. The minimum Gasteiger partial charge on any atom is -0.396 e. The summed E-state index contributed by atoms with van der Waals surface area (Å²) in [6.07, 6.45) is 1.78. The van der Waals surface area contributed by atoms with Gasteiger partial charge < -0.3 is 16.2 Å². The van der Waals surface area contributed by atoms with Crippen LogP contribution in [0.2, 0.25) is 0 Å². The van der Waals surface area contributed by atoms with E-state index in [1.54, 1.807) is 6.07 Å². The molecule has 0 saturated heterocycles. The number of nitrogens with zero attached hydrogens (tertiary/aromatic N) is 2. The van der Waals surface area contributed by atoms with Crippen LogP contribution in [0, 0.1) is 5.41 Å². The number of aliphatic hydroxyl groups excluding tert-OH is 1. The second-order valence-electron chi connectivity index (χ2n) is 6.04. The van der Waals surface area contributed by atoms with Crippen molar-refractivity contribution in [2.75, 3.05) is 24.2 Å². The van der Waals surface area contributed by atoms with Gasteiger partial charge in [-0.25, -0.2) is 9.97 Å². The summed E-state index contributed by atoms with van der Waals surface area (Å²) in [6, 6.07) is 1.76. The third-order valence-corrected chi connectivity index (χ3v) is 3.04. The Morgan fingerprint density at radius 2 is 2.05 bits per heavy atom. The van der Waals surface area contributed by atoms with Crippen molar-refractivity contribution in [3.05, 3.63) is 11.9 Å². The highest BCUT2D eigenvalue weighted by molar-refractivity contribution is 5.45. The van der Waals surface area contributed by atoms with E-state index in [1.807, 2.05) is 13.8 Å². The van der Waals surface area contributed by atoms with Crippen LogP contribution in [0.4, 0.5) is 11.6 Å². The maximum absolute atomic E-state index is 8.89. The Morgan fingerprint density at radius 3 is 2.63 bits per heavy atom. The van der Waals surface area contributed by atoms with Crippen LogP contribution in [0.3, 0.4) is 0 Å². The Hall–Kier alpha value is -1.36. The van der Waals surface area contributed by atoms with Gasteiger partial charge in [0, 0.05) is 25.1 Å². The quantitative estimate of drug-likeness (QED) is 0.705. The smallest absolute Gasteiger partial charge is 0.135 e. The number of rotatable bonds is 7. The molecule has 0 aliphatic heterocycles. The van der Waals surface area contributed by atoms with E-state index in [0.717, 1.165) is 31.0 Å². The topological polar surface area (TPSA) is 84.1 Å². The van der Waals surface area contributed by atoms with Crippen LogP contribution < -0.4 is 11.1 Å². The summed E-state index contributed by atoms with van der Waals surface area (Å²) in [5, 5.41) is 12.2. The molecule has 5 nitrogen and oxygen atoms in total. The van der Waals surface area contributed by atoms with Crippen molar-refractivity contribution in [2.45, 2.75) is 46.5 Å². The number of aromatic nitrogens is 2. The monoisotopic (exact) mass is 266 g/mol. The molecule has 0 amide bonds. The van der Waals surface area contributed by atoms with E-state index in [0.29, 0.717) is 5.82 Å². The molecule has 0 aromatic carbocycles. The van der Waals surface area contributed by atoms with E-state index in [-0.39, 0.29) is 17.9 Å². The number of hydrogen-bond acceptors (Lipinski definition) is 5. The molecule has 1 heterocycles. The Bertz CT molecular complexity index is 404. The Balaban J connectivity index is 2.67. The minimum atomic E-state index is 0.112. The van der Waals surface area contributed by atoms with E-state index < -0.39 is 0 Å². The van der Waals surface area contributed by atoms with E-state index >= 15 is 0 Å². The lowest BCUT2D eigenvalue weighted by Gasteiger charge is -2.25. The highest BCUT2D eigenvalue weighted by Gasteiger charge is 2.17. The van der Waals surface area contributed by atoms with Gasteiger partial charge in [-0.15, -0.1) is 0 Å². The zero-order valence-electron chi connectivity index (χ0n) is 12.4. The fourth-order valence-corrected chi connectivity index (χ4v) is 1.81. The maximum atomic E-state index is 8.89. The van der Waals surface area contributed by atoms with Gasteiger partial charge in [0.1, 0.15) is 17.5 Å². The van der Waals surface area contributed by atoms with Crippen molar-refractivity contribution >= 4 is 11.6 Å². The average Bonchev–Trinajstić information content (AvgIpc) is 2.33. The molecule has 0 spiro atoms. The molecule has 108 valence electrons. The molecule has 4 N–H and O–H groups in total. The summed E-state index contributed by atoms with van der Waals surface area (Å²) in [4.78, 5) is 8.69. The van der Waals surface area contributed by atoms with Gasteiger partial charge >= 0.3 is 0 Å². The maximum Gasteiger partial charge on any atom is 0.135 e. The van der Waals surface area contributed by atoms with E-state index in [4.69, 9.17) is 10.8 Å². The van der Waals surface area contributed by atoms with Crippen LogP contribution in [0.1, 0.15) is 52.3 Å². The summed E-state index contributed by atoms with van der Waals surface area (Å²) < 4.78 is 0. The van der Waals surface area contributed by atoms with Crippen molar-refractivity contribution < 1.29 is 5.11 Å². The molecule has 0 fully saturated rings. The van der Waals surface area contributed by atoms with Crippen LogP contribution >= 0.6 is 0 Å². The molecule has 0 atom stereocenters. The number of hydrogen-bond donors (Lipinski definition) is 3. The second-order valence-corrected chi connectivity index (χ2v) is 6.04. The molecule has 0 aliphatic rings. The molecule has 0 unspecified atom stereocenters. The van der Waals surface area contributed by atoms with Crippen LogP contribution in [-0.2, 0) is 0 Å². The van der Waals surface area contributed by atoms with Gasteiger partial charge in [0.15, 0.2) is 0 Å². The standard InChI is InChI=1S/C14H26N4O/c1-10(2)13-17-11(15)8-12(18-13)16-9-14(3,4)6-5-7-19/h8,10,19H,5-7,9H2,1-4H3,(H3,15,16,17,18). The lowest BCUT2D eigenvalue weighted by Crippen LogP contribution is -2.24. The first-order chi connectivity index (χ1) is 8.84. The summed E-state index contributed by atoms with van der Waals surface area (Å²) in [5.41, 5.74) is 5.90. The molecule has 1 rings (SSSR count). The van der Waals surface area contributed by atoms with E-state index in [1.165, 1.54) is 0 Å². The van der Waals surface area contributed by atoms with Crippen molar-refractivity contribution in [3.63, 3.8) is 0 Å². The molecule has 1 aromatic rings. The van der Waals surface area contributed by atoms with Crippen LogP contribution in [0.25, 0.3) is 0 Å². The average molecular weight is 266 g/mol. The fourth-order valence-electron chi connectivity index (χ4n) is 1.81. The highest BCUT2D eigenvalue weighted by Crippen LogP contribution is 2.23. The lowest BCUT2D eigenvalue weighted by molar-refractivity contribution is 0.248. The van der Waals surface area contributed by atoms with E-state index in [2.05, 4.69) is 29.1 Å². The summed E-state index contributed by atoms with van der Waals surface area (Å²) in [7, 11) is 0. The molecule has 1 aromatic heterocycles. The van der Waals surface area contributed by atoms with Gasteiger partial charge in [-0.2, -0.15) is 0 Å². The van der Waals surface area contributed by atoms with Gasteiger partial charge in [-0.05, 0) is 18.3 Å². The number of anilines is 2. The predicted molar refractivity (Wildman–Crippen MR) is 79.1 cm³/mol. The molecular weight excluding hydrogens is 240 g/mol. The molecule has 0 saturated carbocycles. The summed E-state index contributed by atoms with van der Waals surface area (Å²) in [5.74, 6) is 2.28. The first-order valence-electron chi connectivity index (χ1n) is 6.83. The zero-order chi connectivity index (χ0) is 14.5. The summed E-state index contributed by atoms with van der Waals surface area (Å²) >= 11 is 0. The van der Waals surface area contributed by atoms with Crippen LogP contribution in [-0.4, -0.2) is 28.2 Å². The van der Waals surface area contributed by atoms with Crippen LogP contribution in [0.15, 0.2) is 6.07 Å². The van der Waals surface area contributed by atoms with Crippen molar-refractivity contribution in [1.29, 1.82) is 0 Å². The van der Waals surface area contributed by atoms with Crippen molar-refractivity contribution in [2.24, 2.45) is 5.41 Å². The SMILES string of the molecule is CC(C)c1nc(N)cc(NCC(C)(C)CCCO)n1. The largest absolute Gasteiger partial charge is 0.396 e. The normalized spacial score (nSPS) is 11.9. The molecule has 0 bridgehead atoms. The lowest BCUT2D eigenvalue weighted by atomic mass is 9.88. The van der Waals surface area contributed by atoms with Gasteiger partial charge in [0.05, 0.1) is 0 Å². The van der Waals surface area contributed by atoms with Crippen molar-refractivity contribution in [3.8, 4) is 0 Å². The van der Waals surface area contributed by atoms with E-state index in [9.17, 15) is 0 Å². The fraction of sp³-hybridized carbons (Fsp3) is 0.714. The van der Waals surface area contributed by atoms with Gasteiger partial charge in [-0.3, -0.25) is 0 Å². The van der Waals surface area contributed by atoms with Crippen LogP contribution in [0.5, 0.6) is 0 Å². The van der Waals surface area contributed by atoms with Gasteiger partial charge in [0.25, 0.3) is 0 Å². The second kappa shape index (κ2) is 6.70. The first kappa shape index (κ1) is 15.7. The Morgan fingerprint density at radius 1 is 1.37 bits per heavy atom. The van der Waals surface area contributed by atoms with Gasteiger partial charge in [-0.1, -0.05) is 27.7 Å². The molecular formula is C14H26N4O. The Kier molecular flexibility index (Phi) is 5.54. The minimum absolute atomic E-state index is 0.112. The highest BCUT2D eigenvalue weighted by atomic mass is 16.2. The van der Waals surface area contributed by atoms with Gasteiger partial charge in [0.2, 0.25) is 0 Å². The number of nitrogen functional groups attached to an aromatic ring is 1. The number of aliphatic hydroxyl groups is 1. The Labute approximate surface area is 115 Å². The predicted octanol–water partition coefficient (Wildman–Crippen LogP) is 2.39. The molecule has 19 heavy (non-hydrogen) atoms. The molecule has 0 radical (unpaired) electrons. The molecule has 0 aliphatic carbocycles. The zero-order valence-corrected chi connectivity index (χ0v) is 12.4.